The highest BCUT2D eigenvalue weighted by atomic mass is 16.6. The van der Waals surface area contributed by atoms with E-state index in [1.165, 1.54) is 0 Å². The van der Waals surface area contributed by atoms with Crippen molar-refractivity contribution in [2.24, 2.45) is 7.05 Å². The Morgan fingerprint density at radius 3 is 2.79 bits per heavy atom. The topological polar surface area (TPSA) is 65.4 Å². The number of ether oxygens (including phenoxy) is 2. The van der Waals surface area contributed by atoms with Crippen molar-refractivity contribution in [1.82, 2.24) is 9.78 Å². The van der Waals surface area contributed by atoms with Gasteiger partial charge < -0.3 is 14.8 Å². The third kappa shape index (κ3) is 2.37. The van der Waals surface area contributed by atoms with E-state index in [9.17, 15) is 4.79 Å². The van der Waals surface area contributed by atoms with E-state index in [0.29, 0.717) is 36.1 Å². The Hall–Kier alpha value is -2.50. The predicted octanol–water partition coefficient (Wildman–Crippen LogP) is 1.44. The number of aryl methyl sites for hydroxylation is 1. The fourth-order valence-corrected chi connectivity index (χ4v) is 1.85. The second-order valence-electron chi connectivity index (χ2n) is 4.19. The maximum absolute atomic E-state index is 12.1. The molecule has 0 spiro atoms. The molecule has 0 saturated heterocycles. The van der Waals surface area contributed by atoms with Gasteiger partial charge in [-0.25, -0.2) is 0 Å². The first-order chi connectivity index (χ1) is 9.22. The molecule has 6 heteroatoms. The number of fused-ring (bicyclic) bond motifs is 1. The molecular formula is C13H13N3O3. The standard InChI is InChI=1S/C13H13N3O3/c1-16-5-4-12(15-16)14-13(17)9-2-3-10-11(8-9)19-7-6-18-10/h2-5,8H,6-7H2,1H3,(H,14,15,17). The molecule has 0 bridgehead atoms. The van der Waals surface area contributed by atoms with Crippen LogP contribution in [0.4, 0.5) is 5.82 Å². The number of rotatable bonds is 2. The van der Waals surface area contributed by atoms with Crippen molar-refractivity contribution in [3.63, 3.8) is 0 Å². The molecule has 0 aliphatic carbocycles. The normalized spacial score (nSPS) is 13.1. The zero-order valence-corrected chi connectivity index (χ0v) is 10.4. The smallest absolute Gasteiger partial charge is 0.257 e. The Bertz CT molecular complexity index is 621. The highest BCUT2D eigenvalue weighted by Crippen LogP contribution is 2.30. The molecule has 2 aromatic rings. The average Bonchev–Trinajstić information content (AvgIpc) is 2.83. The first-order valence-electron chi connectivity index (χ1n) is 5.93. The van der Waals surface area contributed by atoms with E-state index in [4.69, 9.17) is 9.47 Å². The van der Waals surface area contributed by atoms with Gasteiger partial charge in [-0.15, -0.1) is 0 Å². The molecule has 3 rings (SSSR count). The summed E-state index contributed by atoms with van der Waals surface area (Å²) in [6.07, 6.45) is 1.76. The van der Waals surface area contributed by atoms with Gasteiger partial charge in [-0.05, 0) is 18.2 Å². The van der Waals surface area contributed by atoms with E-state index in [2.05, 4.69) is 10.4 Å². The molecule has 1 aromatic carbocycles. The molecule has 98 valence electrons. The zero-order chi connectivity index (χ0) is 13.2. The number of hydrogen-bond acceptors (Lipinski definition) is 4. The summed E-state index contributed by atoms with van der Waals surface area (Å²) in [5.74, 6) is 1.55. The van der Waals surface area contributed by atoms with Crippen LogP contribution in [0.5, 0.6) is 11.5 Å². The van der Waals surface area contributed by atoms with Crippen molar-refractivity contribution in [3.8, 4) is 11.5 Å². The molecule has 0 atom stereocenters. The molecule has 1 aromatic heterocycles. The van der Waals surface area contributed by atoms with E-state index >= 15 is 0 Å². The minimum Gasteiger partial charge on any atom is -0.486 e. The molecule has 0 unspecified atom stereocenters. The van der Waals surface area contributed by atoms with Gasteiger partial charge in [-0.1, -0.05) is 0 Å². The highest BCUT2D eigenvalue weighted by molar-refractivity contribution is 6.04. The van der Waals surface area contributed by atoms with Crippen LogP contribution in [0.3, 0.4) is 0 Å². The Balaban J connectivity index is 1.80. The zero-order valence-electron chi connectivity index (χ0n) is 10.4. The van der Waals surface area contributed by atoms with E-state index in [1.54, 1.807) is 42.2 Å². The van der Waals surface area contributed by atoms with Gasteiger partial charge in [0.1, 0.15) is 13.2 Å². The summed E-state index contributed by atoms with van der Waals surface area (Å²) < 4.78 is 12.5. The lowest BCUT2D eigenvalue weighted by molar-refractivity contribution is 0.102. The number of amides is 1. The summed E-state index contributed by atoms with van der Waals surface area (Å²) in [6, 6.07) is 6.84. The number of carbonyl (C=O) groups excluding carboxylic acids is 1. The Labute approximate surface area is 109 Å². The first kappa shape index (κ1) is 11.6. The van der Waals surface area contributed by atoms with E-state index in [-0.39, 0.29) is 5.91 Å². The van der Waals surface area contributed by atoms with E-state index < -0.39 is 0 Å². The summed E-state index contributed by atoms with van der Waals surface area (Å²) in [6.45, 7) is 1.03. The van der Waals surface area contributed by atoms with Crippen molar-refractivity contribution in [2.75, 3.05) is 18.5 Å². The predicted molar refractivity (Wildman–Crippen MR) is 68.6 cm³/mol. The average molecular weight is 259 g/mol. The lowest BCUT2D eigenvalue weighted by Gasteiger charge is -2.18. The molecule has 2 heterocycles. The summed E-state index contributed by atoms with van der Waals surface area (Å²) in [4.78, 5) is 12.1. The number of hydrogen-bond donors (Lipinski definition) is 1. The van der Waals surface area contributed by atoms with Crippen molar-refractivity contribution >= 4 is 11.7 Å². The van der Waals surface area contributed by atoms with Crippen LogP contribution >= 0.6 is 0 Å². The fraction of sp³-hybridized carbons (Fsp3) is 0.231. The summed E-state index contributed by atoms with van der Waals surface area (Å²) in [7, 11) is 1.79. The molecule has 0 radical (unpaired) electrons. The molecule has 0 fully saturated rings. The molecular weight excluding hydrogens is 246 g/mol. The quantitative estimate of drug-likeness (QED) is 0.886. The van der Waals surface area contributed by atoms with Crippen LogP contribution in [-0.2, 0) is 7.05 Å². The molecule has 1 aliphatic heterocycles. The Kier molecular flexibility index (Phi) is 2.83. The van der Waals surface area contributed by atoms with Crippen LogP contribution in [0.1, 0.15) is 10.4 Å². The lowest BCUT2D eigenvalue weighted by Crippen LogP contribution is -2.17. The second kappa shape index (κ2) is 4.64. The van der Waals surface area contributed by atoms with E-state index in [1.807, 2.05) is 0 Å². The molecule has 1 N–H and O–H groups in total. The molecule has 1 amide bonds. The van der Waals surface area contributed by atoms with Crippen LogP contribution < -0.4 is 14.8 Å². The maximum atomic E-state index is 12.1. The number of anilines is 1. The number of aromatic nitrogens is 2. The fourth-order valence-electron chi connectivity index (χ4n) is 1.85. The Morgan fingerprint density at radius 2 is 2.05 bits per heavy atom. The van der Waals surface area contributed by atoms with Gasteiger partial charge >= 0.3 is 0 Å². The van der Waals surface area contributed by atoms with Crippen molar-refractivity contribution < 1.29 is 14.3 Å². The lowest BCUT2D eigenvalue weighted by atomic mass is 10.2. The number of nitrogens with zero attached hydrogens (tertiary/aromatic N) is 2. The van der Waals surface area contributed by atoms with Gasteiger partial charge in [0, 0.05) is 24.9 Å². The van der Waals surface area contributed by atoms with Gasteiger partial charge in [0.25, 0.3) is 5.91 Å². The van der Waals surface area contributed by atoms with Crippen LogP contribution in [-0.4, -0.2) is 28.9 Å². The minimum atomic E-state index is -0.226. The largest absolute Gasteiger partial charge is 0.486 e. The van der Waals surface area contributed by atoms with Crippen molar-refractivity contribution in [1.29, 1.82) is 0 Å². The summed E-state index contributed by atoms with van der Waals surface area (Å²) in [5, 5.41) is 6.81. The molecule has 6 nitrogen and oxygen atoms in total. The van der Waals surface area contributed by atoms with Gasteiger partial charge in [-0.2, -0.15) is 5.10 Å². The molecule has 0 saturated carbocycles. The molecule has 19 heavy (non-hydrogen) atoms. The maximum Gasteiger partial charge on any atom is 0.257 e. The van der Waals surface area contributed by atoms with Crippen LogP contribution in [0, 0.1) is 0 Å². The second-order valence-corrected chi connectivity index (χ2v) is 4.19. The number of nitrogens with one attached hydrogen (secondary N) is 1. The third-order valence-electron chi connectivity index (χ3n) is 2.76. The molecule has 1 aliphatic rings. The van der Waals surface area contributed by atoms with Gasteiger partial charge in [0.2, 0.25) is 0 Å². The summed E-state index contributed by atoms with van der Waals surface area (Å²) in [5.41, 5.74) is 0.509. The van der Waals surface area contributed by atoms with E-state index in [0.717, 1.165) is 0 Å². The SMILES string of the molecule is Cn1ccc(NC(=O)c2ccc3c(c2)OCCO3)n1. The summed E-state index contributed by atoms with van der Waals surface area (Å²) >= 11 is 0. The Morgan fingerprint density at radius 1 is 1.26 bits per heavy atom. The van der Waals surface area contributed by atoms with Gasteiger partial charge in [0.15, 0.2) is 17.3 Å². The number of carbonyl (C=O) groups is 1. The number of benzene rings is 1. The van der Waals surface area contributed by atoms with Crippen molar-refractivity contribution in [2.45, 2.75) is 0 Å². The highest BCUT2D eigenvalue weighted by Gasteiger charge is 2.15. The van der Waals surface area contributed by atoms with Crippen LogP contribution in [0.2, 0.25) is 0 Å². The first-order valence-corrected chi connectivity index (χ1v) is 5.93. The third-order valence-corrected chi connectivity index (χ3v) is 2.76. The minimum absolute atomic E-state index is 0.226. The monoisotopic (exact) mass is 259 g/mol. The van der Waals surface area contributed by atoms with Crippen molar-refractivity contribution in [3.05, 3.63) is 36.0 Å². The van der Waals surface area contributed by atoms with Gasteiger partial charge in [0.05, 0.1) is 0 Å². The van der Waals surface area contributed by atoms with Crippen LogP contribution in [0.25, 0.3) is 0 Å². The van der Waals surface area contributed by atoms with Gasteiger partial charge in [-0.3, -0.25) is 9.48 Å². The van der Waals surface area contributed by atoms with Crippen LogP contribution in [0.15, 0.2) is 30.5 Å².